The van der Waals surface area contributed by atoms with Crippen LogP contribution < -0.4 is 10.6 Å². The summed E-state index contributed by atoms with van der Waals surface area (Å²) in [6.07, 6.45) is 1.80. The average Bonchev–Trinajstić information content (AvgIpc) is 2.79. The molecule has 90 valence electrons. The molecule has 0 aliphatic heterocycles. The summed E-state index contributed by atoms with van der Waals surface area (Å²) in [7, 11) is 0. The molecule has 0 atom stereocenters. The summed E-state index contributed by atoms with van der Waals surface area (Å²) in [6, 6.07) is 1.93. The van der Waals surface area contributed by atoms with E-state index in [-0.39, 0.29) is 0 Å². The van der Waals surface area contributed by atoms with E-state index in [0.717, 1.165) is 23.1 Å². The molecule has 2 rings (SSSR count). The van der Waals surface area contributed by atoms with E-state index in [2.05, 4.69) is 25.6 Å². The highest BCUT2D eigenvalue weighted by molar-refractivity contribution is 7.09. The zero-order valence-corrected chi connectivity index (χ0v) is 10.7. The number of aryl methyl sites for hydroxylation is 1. The summed E-state index contributed by atoms with van der Waals surface area (Å²) in [5.74, 6) is 1.48. The molecule has 0 saturated heterocycles. The molecule has 0 spiro atoms. The van der Waals surface area contributed by atoms with Crippen molar-refractivity contribution in [2.24, 2.45) is 0 Å². The first-order chi connectivity index (χ1) is 8.28. The summed E-state index contributed by atoms with van der Waals surface area (Å²) in [4.78, 5) is 12.9. The van der Waals surface area contributed by atoms with Gasteiger partial charge in [0.05, 0.1) is 6.54 Å². The summed E-state index contributed by atoms with van der Waals surface area (Å²) in [6.45, 7) is 5.49. The quantitative estimate of drug-likeness (QED) is 0.851. The number of thiazole rings is 1. The first-order valence-corrected chi connectivity index (χ1v) is 6.37. The Balaban J connectivity index is 2.04. The van der Waals surface area contributed by atoms with Crippen LogP contribution in [0.5, 0.6) is 0 Å². The van der Waals surface area contributed by atoms with Gasteiger partial charge in [0.15, 0.2) is 0 Å². The zero-order chi connectivity index (χ0) is 12.1. The molecular formula is C11H15N5S. The van der Waals surface area contributed by atoms with Crippen molar-refractivity contribution in [2.75, 3.05) is 17.2 Å². The maximum Gasteiger partial charge on any atom is 0.224 e. The van der Waals surface area contributed by atoms with Crippen LogP contribution in [0.2, 0.25) is 0 Å². The monoisotopic (exact) mass is 249 g/mol. The van der Waals surface area contributed by atoms with Crippen molar-refractivity contribution in [3.8, 4) is 0 Å². The van der Waals surface area contributed by atoms with Crippen LogP contribution in [-0.4, -0.2) is 21.5 Å². The van der Waals surface area contributed by atoms with Gasteiger partial charge in [-0.1, -0.05) is 0 Å². The number of nitrogens with zero attached hydrogens (tertiary/aromatic N) is 3. The van der Waals surface area contributed by atoms with E-state index < -0.39 is 0 Å². The third-order valence-electron chi connectivity index (χ3n) is 2.09. The van der Waals surface area contributed by atoms with Crippen LogP contribution >= 0.6 is 11.3 Å². The smallest absolute Gasteiger partial charge is 0.224 e. The fourth-order valence-corrected chi connectivity index (χ4v) is 1.96. The first-order valence-electron chi connectivity index (χ1n) is 5.49. The predicted octanol–water partition coefficient (Wildman–Crippen LogP) is 2.29. The molecule has 0 amide bonds. The van der Waals surface area contributed by atoms with Gasteiger partial charge < -0.3 is 10.6 Å². The Bertz CT molecular complexity index is 469. The molecule has 0 aliphatic rings. The standard InChI is InChI=1S/C11H15N5S/c1-3-12-11-15-8(2)6-9(16-11)14-7-10-13-4-5-17-10/h4-6H,3,7H2,1-2H3,(H2,12,14,15,16). The Labute approximate surface area is 104 Å². The maximum atomic E-state index is 4.37. The van der Waals surface area contributed by atoms with E-state index in [0.29, 0.717) is 12.5 Å². The molecule has 0 saturated carbocycles. The van der Waals surface area contributed by atoms with Gasteiger partial charge in [-0.2, -0.15) is 4.98 Å². The van der Waals surface area contributed by atoms with Gasteiger partial charge in [-0.15, -0.1) is 11.3 Å². The Morgan fingerprint density at radius 3 is 2.88 bits per heavy atom. The fourth-order valence-electron chi connectivity index (χ4n) is 1.40. The van der Waals surface area contributed by atoms with Crippen LogP contribution in [0.15, 0.2) is 17.6 Å². The number of rotatable bonds is 5. The lowest BCUT2D eigenvalue weighted by Crippen LogP contribution is -2.07. The van der Waals surface area contributed by atoms with Crippen LogP contribution in [-0.2, 0) is 6.54 Å². The summed E-state index contributed by atoms with van der Waals surface area (Å²) < 4.78 is 0. The highest BCUT2D eigenvalue weighted by Crippen LogP contribution is 2.12. The minimum Gasteiger partial charge on any atom is -0.363 e. The van der Waals surface area contributed by atoms with Crippen molar-refractivity contribution in [1.29, 1.82) is 0 Å². The van der Waals surface area contributed by atoms with E-state index in [1.807, 2.05) is 25.3 Å². The Kier molecular flexibility index (Phi) is 3.87. The van der Waals surface area contributed by atoms with Crippen LogP contribution in [0.3, 0.4) is 0 Å². The van der Waals surface area contributed by atoms with Gasteiger partial charge in [-0.3, -0.25) is 0 Å². The molecule has 6 heteroatoms. The molecule has 5 nitrogen and oxygen atoms in total. The van der Waals surface area contributed by atoms with Crippen LogP contribution in [0.1, 0.15) is 17.6 Å². The lowest BCUT2D eigenvalue weighted by Gasteiger charge is -2.07. The topological polar surface area (TPSA) is 62.7 Å². The van der Waals surface area contributed by atoms with Crippen LogP contribution in [0.4, 0.5) is 11.8 Å². The van der Waals surface area contributed by atoms with E-state index in [4.69, 9.17) is 0 Å². The molecule has 0 fully saturated rings. The van der Waals surface area contributed by atoms with Crippen molar-refractivity contribution in [3.63, 3.8) is 0 Å². The van der Waals surface area contributed by atoms with Gasteiger partial charge in [-0.25, -0.2) is 9.97 Å². The molecular weight excluding hydrogens is 234 g/mol. The van der Waals surface area contributed by atoms with Gasteiger partial charge in [0.1, 0.15) is 10.8 Å². The minimum absolute atomic E-state index is 0.661. The zero-order valence-electron chi connectivity index (χ0n) is 9.90. The molecule has 2 heterocycles. The van der Waals surface area contributed by atoms with Crippen molar-refractivity contribution in [3.05, 3.63) is 28.3 Å². The summed E-state index contributed by atoms with van der Waals surface area (Å²) >= 11 is 1.63. The normalized spacial score (nSPS) is 10.2. The average molecular weight is 249 g/mol. The van der Waals surface area contributed by atoms with E-state index in [1.165, 1.54) is 0 Å². The Hall–Kier alpha value is -1.69. The lowest BCUT2D eigenvalue weighted by atomic mass is 10.4. The van der Waals surface area contributed by atoms with Gasteiger partial charge in [-0.05, 0) is 13.8 Å². The molecule has 0 bridgehead atoms. The second-order valence-electron chi connectivity index (χ2n) is 3.53. The van der Waals surface area contributed by atoms with E-state index in [9.17, 15) is 0 Å². The Morgan fingerprint density at radius 2 is 2.18 bits per heavy atom. The molecule has 2 aromatic rings. The molecule has 2 N–H and O–H groups in total. The van der Waals surface area contributed by atoms with Gasteiger partial charge in [0.25, 0.3) is 0 Å². The van der Waals surface area contributed by atoms with Crippen LogP contribution in [0.25, 0.3) is 0 Å². The third-order valence-corrected chi connectivity index (χ3v) is 2.87. The number of hydrogen-bond donors (Lipinski definition) is 2. The summed E-state index contributed by atoms with van der Waals surface area (Å²) in [5.41, 5.74) is 0.942. The molecule has 0 aliphatic carbocycles. The molecule has 2 aromatic heterocycles. The SMILES string of the molecule is CCNc1nc(C)cc(NCc2nccs2)n1. The molecule has 0 unspecified atom stereocenters. The van der Waals surface area contributed by atoms with Gasteiger partial charge in [0.2, 0.25) is 5.95 Å². The molecule has 0 aromatic carbocycles. The predicted molar refractivity (Wildman–Crippen MR) is 70.4 cm³/mol. The van der Waals surface area contributed by atoms with Gasteiger partial charge in [0, 0.05) is 29.9 Å². The number of aromatic nitrogens is 3. The van der Waals surface area contributed by atoms with Crippen molar-refractivity contribution < 1.29 is 0 Å². The fraction of sp³-hybridized carbons (Fsp3) is 0.364. The first kappa shape index (κ1) is 11.8. The highest BCUT2D eigenvalue weighted by atomic mass is 32.1. The van der Waals surface area contributed by atoms with E-state index in [1.54, 1.807) is 17.5 Å². The van der Waals surface area contributed by atoms with Crippen molar-refractivity contribution >= 4 is 23.1 Å². The number of hydrogen-bond acceptors (Lipinski definition) is 6. The Morgan fingerprint density at radius 1 is 1.29 bits per heavy atom. The van der Waals surface area contributed by atoms with Crippen molar-refractivity contribution in [2.45, 2.75) is 20.4 Å². The molecule has 17 heavy (non-hydrogen) atoms. The minimum atomic E-state index is 0.661. The number of anilines is 2. The second-order valence-corrected chi connectivity index (χ2v) is 4.51. The highest BCUT2D eigenvalue weighted by Gasteiger charge is 2.02. The van der Waals surface area contributed by atoms with Crippen LogP contribution in [0, 0.1) is 6.92 Å². The number of nitrogens with one attached hydrogen (secondary N) is 2. The van der Waals surface area contributed by atoms with Crippen molar-refractivity contribution in [1.82, 2.24) is 15.0 Å². The lowest BCUT2D eigenvalue weighted by molar-refractivity contribution is 1.02. The van der Waals surface area contributed by atoms with E-state index >= 15 is 0 Å². The summed E-state index contributed by atoms with van der Waals surface area (Å²) in [5, 5.41) is 9.36. The second kappa shape index (κ2) is 5.58. The maximum absolute atomic E-state index is 4.37. The largest absolute Gasteiger partial charge is 0.363 e. The van der Waals surface area contributed by atoms with Gasteiger partial charge >= 0.3 is 0 Å². The molecule has 0 radical (unpaired) electrons. The third kappa shape index (κ3) is 3.39.